The van der Waals surface area contributed by atoms with Gasteiger partial charge >= 0.3 is 0 Å². The fraction of sp³-hybridized carbons (Fsp3) is 0.143. The van der Waals surface area contributed by atoms with Gasteiger partial charge < -0.3 is 5.73 Å². The molecule has 0 bridgehead atoms. The van der Waals surface area contributed by atoms with Crippen LogP contribution in [0.25, 0.3) is 11.1 Å². The second-order valence-electron chi connectivity index (χ2n) is 3.86. The van der Waals surface area contributed by atoms with E-state index in [1.54, 1.807) is 6.07 Å². The van der Waals surface area contributed by atoms with Gasteiger partial charge in [-0.15, -0.1) is 0 Å². The predicted molar refractivity (Wildman–Crippen MR) is 64.5 cm³/mol. The van der Waals surface area contributed by atoms with Crippen LogP contribution < -0.4 is 5.73 Å². The van der Waals surface area contributed by atoms with E-state index in [0.29, 0.717) is 6.54 Å². The van der Waals surface area contributed by atoms with Crippen LogP contribution in [0, 0.1) is 12.7 Å². The Kier molecular flexibility index (Phi) is 3.02. The van der Waals surface area contributed by atoms with Crippen LogP contribution in [0.2, 0.25) is 0 Å². The lowest BCUT2D eigenvalue weighted by Crippen LogP contribution is -1.95. The minimum atomic E-state index is -0.195. The average molecular weight is 215 g/mol. The highest BCUT2D eigenvalue weighted by Gasteiger charge is 2.02. The molecular weight excluding hydrogens is 201 g/mol. The lowest BCUT2D eigenvalue weighted by molar-refractivity contribution is 0.627. The zero-order chi connectivity index (χ0) is 11.5. The Bertz CT molecular complexity index is 489. The molecule has 0 heterocycles. The third-order valence-corrected chi connectivity index (χ3v) is 2.69. The van der Waals surface area contributed by atoms with Crippen molar-refractivity contribution in [3.63, 3.8) is 0 Å². The number of rotatable bonds is 2. The van der Waals surface area contributed by atoms with E-state index in [-0.39, 0.29) is 5.82 Å². The smallest absolute Gasteiger partial charge is 0.123 e. The van der Waals surface area contributed by atoms with E-state index in [1.165, 1.54) is 6.07 Å². The van der Waals surface area contributed by atoms with Crippen molar-refractivity contribution in [2.24, 2.45) is 5.73 Å². The summed E-state index contributed by atoms with van der Waals surface area (Å²) in [6, 6.07) is 12.9. The third-order valence-electron chi connectivity index (χ3n) is 2.69. The fourth-order valence-electron chi connectivity index (χ4n) is 1.77. The Balaban J connectivity index is 2.42. The quantitative estimate of drug-likeness (QED) is 0.817. The molecule has 0 radical (unpaired) electrons. The second-order valence-corrected chi connectivity index (χ2v) is 3.86. The van der Waals surface area contributed by atoms with E-state index in [1.807, 2.05) is 37.3 Å². The maximum atomic E-state index is 13.0. The molecule has 0 aliphatic heterocycles. The van der Waals surface area contributed by atoms with Crippen molar-refractivity contribution in [2.45, 2.75) is 13.5 Å². The molecule has 0 atom stereocenters. The Labute approximate surface area is 94.7 Å². The predicted octanol–water partition coefficient (Wildman–Crippen LogP) is 3.26. The summed E-state index contributed by atoms with van der Waals surface area (Å²) < 4.78 is 13.0. The Morgan fingerprint density at radius 3 is 2.31 bits per heavy atom. The number of benzene rings is 2. The largest absolute Gasteiger partial charge is 0.326 e. The van der Waals surface area contributed by atoms with Gasteiger partial charge in [-0.25, -0.2) is 4.39 Å². The van der Waals surface area contributed by atoms with Crippen molar-refractivity contribution in [1.82, 2.24) is 0 Å². The monoisotopic (exact) mass is 215 g/mol. The van der Waals surface area contributed by atoms with E-state index in [0.717, 1.165) is 22.3 Å². The molecule has 2 N–H and O–H groups in total. The Morgan fingerprint density at radius 1 is 1.06 bits per heavy atom. The molecule has 0 saturated heterocycles. The van der Waals surface area contributed by atoms with Crippen LogP contribution in [0.3, 0.4) is 0 Å². The van der Waals surface area contributed by atoms with Crippen molar-refractivity contribution in [3.05, 3.63) is 59.4 Å². The van der Waals surface area contributed by atoms with Gasteiger partial charge in [-0.3, -0.25) is 0 Å². The summed E-state index contributed by atoms with van der Waals surface area (Å²) in [6.07, 6.45) is 0. The molecule has 2 aromatic carbocycles. The van der Waals surface area contributed by atoms with Gasteiger partial charge in [0.2, 0.25) is 0 Å². The molecule has 0 spiro atoms. The lowest BCUT2D eigenvalue weighted by atomic mass is 9.99. The molecule has 2 heteroatoms. The molecule has 0 saturated carbocycles. The highest BCUT2D eigenvalue weighted by Crippen LogP contribution is 2.24. The topological polar surface area (TPSA) is 26.0 Å². The van der Waals surface area contributed by atoms with Crippen LogP contribution in [-0.2, 0) is 6.54 Å². The summed E-state index contributed by atoms with van der Waals surface area (Å²) in [6.45, 7) is 2.46. The fourth-order valence-corrected chi connectivity index (χ4v) is 1.77. The molecule has 2 rings (SSSR count). The van der Waals surface area contributed by atoms with Gasteiger partial charge in [-0.05, 0) is 41.3 Å². The SMILES string of the molecule is Cc1cc(F)ccc1-c1ccc(CN)cc1. The summed E-state index contributed by atoms with van der Waals surface area (Å²) in [5, 5.41) is 0. The summed E-state index contributed by atoms with van der Waals surface area (Å²) in [5.74, 6) is -0.195. The van der Waals surface area contributed by atoms with Crippen molar-refractivity contribution >= 4 is 0 Å². The minimum absolute atomic E-state index is 0.195. The van der Waals surface area contributed by atoms with E-state index in [9.17, 15) is 4.39 Å². The molecule has 16 heavy (non-hydrogen) atoms. The molecule has 0 aromatic heterocycles. The molecule has 82 valence electrons. The summed E-state index contributed by atoms with van der Waals surface area (Å²) in [5.41, 5.74) is 9.74. The van der Waals surface area contributed by atoms with E-state index in [4.69, 9.17) is 5.73 Å². The molecule has 0 aliphatic carbocycles. The van der Waals surface area contributed by atoms with E-state index < -0.39 is 0 Å². The third kappa shape index (κ3) is 2.12. The maximum absolute atomic E-state index is 13.0. The maximum Gasteiger partial charge on any atom is 0.123 e. The highest BCUT2D eigenvalue weighted by atomic mass is 19.1. The average Bonchev–Trinajstić information content (AvgIpc) is 2.29. The van der Waals surface area contributed by atoms with Gasteiger partial charge in [0.15, 0.2) is 0 Å². The molecule has 0 amide bonds. The van der Waals surface area contributed by atoms with E-state index >= 15 is 0 Å². The number of halogens is 1. The molecule has 0 unspecified atom stereocenters. The normalized spacial score (nSPS) is 10.4. The zero-order valence-electron chi connectivity index (χ0n) is 9.20. The van der Waals surface area contributed by atoms with Gasteiger partial charge in [0.1, 0.15) is 5.82 Å². The zero-order valence-corrected chi connectivity index (χ0v) is 9.20. The molecule has 0 aliphatic rings. The highest BCUT2D eigenvalue weighted by molar-refractivity contribution is 5.67. The van der Waals surface area contributed by atoms with Crippen LogP contribution in [-0.4, -0.2) is 0 Å². The van der Waals surface area contributed by atoms with Gasteiger partial charge in [0.25, 0.3) is 0 Å². The van der Waals surface area contributed by atoms with Crippen LogP contribution in [0.4, 0.5) is 4.39 Å². The van der Waals surface area contributed by atoms with Crippen LogP contribution in [0.5, 0.6) is 0 Å². The number of nitrogens with two attached hydrogens (primary N) is 1. The van der Waals surface area contributed by atoms with E-state index in [2.05, 4.69) is 0 Å². The van der Waals surface area contributed by atoms with Crippen LogP contribution >= 0.6 is 0 Å². The minimum Gasteiger partial charge on any atom is -0.326 e. The van der Waals surface area contributed by atoms with Crippen molar-refractivity contribution in [3.8, 4) is 11.1 Å². The van der Waals surface area contributed by atoms with Crippen molar-refractivity contribution in [1.29, 1.82) is 0 Å². The summed E-state index contributed by atoms with van der Waals surface area (Å²) in [4.78, 5) is 0. The first-order valence-electron chi connectivity index (χ1n) is 5.26. The molecule has 1 nitrogen and oxygen atoms in total. The Morgan fingerprint density at radius 2 is 1.75 bits per heavy atom. The van der Waals surface area contributed by atoms with Gasteiger partial charge in [0.05, 0.1) is 0 Å². The van der Waals surface area contributed by atoms with Gasteiger partial charge in [-0.2, -0.15) is 0 Å². The van der Waals surface area contributed by atoms with Crippen LogP contribution in [0.1, 0.15) is 11.1 Å². The summed E-state index contributed by atoms with van der Waals surface area (Å²) in [7, 11) is 0. The second kappa shape index (κ2) is 4.45. The number of aryl methyl sites for hydroxylation is 1. The first-order valence-corrected chi connectivity index (χ1v) is 5.26. The number of hydrogen-bond donors (Lipinski definition) is 1. The number of hydrogen-bond acceptors (Lipinski definition) is 1. The van der Waals surface area contributed by atoms with Crippen molar-refractivity contribution < 1.29 is 4.39 Å². The standard InChI is InChI=1S/C14H14FN/c1-10-8-13(15)6-7-14(10)12-4-2-11(9-16)3-5-12/h2-8H,9,16H2,1H3. The molecule has 2 aromatic rings. The van der Waals surface area contributed by atoms with Crippen molar-refractivity contribution in [2.75, 3.05) is 0 Å². The summed E-state index contributed by atoms with van der Waals surface area (Å²) >= 11 is 0. The molecule has 0 fully saturated rings. The first-order chi connectivity index (χ1) is 7.70. The Hall–Kier alpha value is -1.67. The van der Waals surface area contributed by atoms with Crippen LogP contribution in [0.15, 0.2) is 42.5 Å². The van der Waals surface area contributed by atoms with Gasteiger partial charge in [-0.1, -0.05) is 30.3 Å². The molecular formula is C14H14FN. The lowest BCUT2D eigenvalue weighted by Gasteiger charge is -2.06. The van der Waals surface area contributed by atoms with Gasteiger partial charge in [0, 0.05) is 6.54 Å². The first kappa shape index (κ1) is 10.8.